The van der Waals surface area contributed by atoms with Crippen LogP contribution in [0.2, 0.25) is 0 Å². The number of carbonyl (C=O) groups excluding carboxylic acids is 2. The van der Waals surface area contributed by atoms with Crippen molar-refractivity contribution in [2.75, 3.05) is 25.6 Å². The molecule has 0 radical (unpaired) electrons. The monoisotopic (exact) mass is 483 g/mol. The maximum Gasteiger partial charge on any atom is 0.341 e. The molecule has 0 aliphatic rings. The van der Waals surface area contributed by atoms with Crippen molar-refractivity contribution in [3.63, 3.8) is 0 Å². The molecule has 0 saturated carbocycles. The van der Waals surface area contributed by atoms with Crippen molar-refractivity contribution in [2.24, 2.45) is 0 Å². The lowest BCUT2D eigenvalue weighted by atomic mass is 10.0. The number of benzene rings is 2. The van der Waals surface area contributed by atoms with Gasteiger partial charge >= 0.3 is 5.97 Å². The van der Waals surface area contributed by atoms with Gasteiger partial charge in [0.05, 0.1) is 20.3 Å². The second-order valence-electron chi connectivity index (χ2n) is 7.16. The normalized spacial score (nSPS) is 10.8. The standard InChI is InChI=1S/C26H26FNO5S/c1-4-14-33-21-12-6-17(15-22(21)31-3)7-13-23(29)28-25-24(26(30)32-5-2)20(16-34-25)18-8-10-19(27)11-9-18/h6-13,15-16H,4-5,14H2,1-3H3,(H,28,29). The number of ether oxygens (including phenoxy) is 3. The van der Waals surface area contributed by atoms with Crippen LogP contribution < -0.4 is 14.8 Å². The van der Waals surface area contributed by atoms with Gasteiger partial charge in [-0.25, -0.2) is 9.18 Å². The van der Waals surface area contributed by atoms with Crippen molar-refractivity contribution in [1.29, 1.82) is 0 Å². The molecule has 0 saturated heterocycles. The highest BCUT2D eigenvalue weighted by Crippen LogP contribution is 2.36. The summed E-state index contributed by atoms with van der Waals surface area (Å²) in [5.74, 6) is -0.144. The van der Waals surface area contributed by atoms with E-state index < -0.39 is 11.9 Å². The van der Waals surface area contributed by atoms with Gasteiger partial charge in [0.15, 0.2) is 11.5 Å². The molecule has 0 bridgehead atoms. The summed E-state index contributed by atoms with van der Waals surface area (Å²) in [5, 5.41) is 4.84. The molecular formula is C26H26FNO5S. The number of carbonyl (C=O) groups is 2. The molecule has 178 valence electrons. The van der Waals surface area contributed by atoms with E-state index in [1.165, 1.54) is 29.5 Å². The Hall–Kier alpha value is -3.65. The van der Waals surface area contributed by atoms with Crippen molar-refractivity contribution < 1.29 is 28.2 Å². The summed E-state index contributed by atoms with van der Waals surface area (Å²) < 4.78 is 29.5. The molecule has 0 unspecified atom stereocenters. The smallest absolute Gasteiger partial charge is 0.341 e. The summed E-state index contributed by atoms with van der Waals surface area (Å²) in [7, 11) is 1.56. The Kier molecular flexibility index (Phi) is 8.81. The van der Waals surface area contributed by atoms with Gasteiger partial charge in [-0.2, -0.15) is 0 Å². The van der Waals surface area contributed by atoms with Gasteiger partial charge in [0.25, 0.3) is 0 Å². The van der Waals surface area contributed by atoms with Crippen molar-refractivity contribution in [3.8, 4) is 22.6 Å². The number of amides is 1. The van der Waals surface area contributed by atoms with Gasteiger partial charge in [-0.15, -0.1) is 11.3 Å². The van der Waals surface area contributed by atoms with Gasteiger partial charge in [0.2, 0.25) is 5.91 Å². The SMILES string of the molecule is CCCOc1ccc(C=CC(=O)Nc2scc(-c3ccc(F)cc3)c2C(=O)OCC)cc1OC. The molecule has 0 spiro atoms. The third-order valence-electron chi connectivity index (χ3n) is 4.74. The molecule has 0 atom stereocenters. The van der Waals surface area contributed by atoms with Crippen LogP contribution in [0, 0.1) is 5.82 Å². The van der Waals surface area contributed by atoms with E-state index in [1.807, 2.05) is 13.0 Å². The second-order valence-corrected chi connectivity index (χ2v) is 8.04. The lowest BCUT2D eigenvalue weighted by Crippen LogP contribution is -2.12. The van der Waals surface area contributed by atoms with Crippen LogP contribution in [0.3, 0.4) is 0 Å². The molecule has 1 amide bonds. The predicted molar refractivity (Wildman–Crippen MR) is 132 cm³/mol. The number of nitrogens with one attached hydrogen (secondary N) is 1. The largest absolute Gasteiger partial charge is 0.493 e. The Bertz CT molecular complexity index is 1170. The van der Waals surface area contributed by atoms with E-state index >= 15 is 0 Å². The molecule has 0 aliphatic carbocycles. The number of esters is 1. The first-order chi connectivity index (χ1) is 16.5. The fourth-order valence-electron chi connectivity index (χ4n) is 3.14. The zero-order valence-electron chi connectivity index (χ0n) is 19.2. The highest BCUT2D eigenvalue weighted by Gasteiger charge is 2.22. The lowest BCUT2D eigenvalue weighted by molar-refractivity contribution is -0.111. The summed E-state index contributed by atoms with van der Waals surface area (Å²) in [6, 6.07) is 11.2. The number of halogens is 1. The highest BCUT2D eigenvalue weighted by molar-refractivity contribution is 7.15. The van der Waals surface area contributed by atoms with E-state index in [0.29, 0.717) is 34.2 Å². The van der Waals surface area contributed by atoms with Crippen LogP contribution in [0.4, 0.5) is 9.39 Å². The molecule has 3 rings (SSSR count). The fraction of sp³-hybridized carbons (Fsp3) is 0.231. The summed E-state index contributed by atoms with van der Waals surface area (Å²) in [6.45, 7) is 4.49. The van der Waals surface area contributed by atoms with Crippen LogP contribution in [-0.4, -0.2) is 32.2 Å². The summed E-state index contributed by atoms with van der Waals surface area (Å²) in [4.78, 5) is 25.3. The minimum absolute atomic E-state index is 0.185. The number of methoxy groups -OCH3 is 1. The highest BCUT2D eigenvalue weighted by atomic mass is 32.1. The van der Waals surface area contributed by atoms with Crippen LogP contribution in [0.25, 0.3) is 17.2 Å². The Morgan fingerprint density at radius 3 is 2.53 bits per heavy atom. The van der Waals surface area contributed by atoms with Gasteiger partial charge in [-0.1, -0.05) is 25.1 Å². The third kappa shape index (κ3) is 6.23. The van der Waals surface area contributed by atoms with Crippen LogP contribution in [0.1, 0.15) is 36.2 Å². The minimum Gasteiger partial charge on any atom is -0.493 e. The Morgan fingerprint density at radius 1 is 1.09 bits per heavy atom. The molecule has 2 aromatic carbocycles. The van der Waals surface area contributed by atoms with Gasteiger partial charge in [0, 0.05) is 17.0 Å². The minimum atomic E-state index is -0.560. The first-order valence-electron chi connectivity index (χ1n) is 10.8. The van der Waals surface area contributed by atoms with E-state index in [9.17, 15) is 14.0 Å². The number of rotatable bonds is 10. The van der Waals surface area contributed by atoms with Crippen LogP contribution in [0.5, 0.6) is 11.5 Å². The van der Waals surface area contributed by atoms with E-state index in [4.69, 9.17) is 14.2 Å². The summed E-state index contributed by atoms with van der Waals surface area (Å²) in [6.07, 6.45) is 3.89. The zero-order chi connectivity index (χ0) is 24.5. The maximum atomic E-state index is 13.3. The number of thiophene rings is 1. The molecule has 0 aliphatic heterocycles. The molecule has 1 aromatic heterocycles. The summed E-state index contributed by atoms with van der Waals surface area (Å²) in [5.41, 5.74) is 2.20. The van der Waals surface area contributed by atoms with E-state index in [-0.39, 0.29) is 18.0 Å². The zero-order valence-corrected chi connectivity index (χ0v) is 20.0. The average molecular weight is 484 g/mol. The topological polar surface area (TPSA) is 73.9 Å². The molecule has 0 fully saturated rings. The Labute approximate surface area is 202 Å². The molecule has 8 heteroatoms. The molecule has 34 heavy (non-hydrogen) atoms. The molecule has 6 nitrogen and oxygen atoms in total. The molecule has 3 aromatic rings. The van der Waals surface area contributed by atoms with Crippen LogP contribution in [-0.2, 0) is 9.53 Å². The Morgan fingerprint density at radius 2 is 1.85 bits per heavy atom. The quantitative estimate of drug-likeness (QED) is 0.275. The molecule has 1 heterocycles. The van der Waals surface area contributed by atoms with Crippen molar-refractivity contribution in [3.05, 3.63) is 70.9 Å². The Balaban J connectivity index is 1.81. The van der Waals surface area contributed by atoms with E-state index in [2.05, 4.69) is 5.32 Å². The fourth-order valence-corrected chi connectivity index (χ4v) is 4.10. The molecular weight excluding hydrogens is 457 g/mol. The third-order valence-corrected chi connectivity index (χ3v) is 5.63. The number of hydrogen-bond acceptors (Lipinski definition) is 6. The van der Waals surface area contributed by atoms with Crippen LogP contribution >= 0.6 is 11.3 Å². The molecule has 1 N–H and O–H groups in total. The number of anilines is 1. The van der Waals surface area contributed by atoms with Crippen molar-refractivity contribution >= 4 is 34.3 Å². The van der Waals surface area contributed by atoms with Crippen molar-refractivity contribution in [1.82, 2.24) is 0 Å². The van der Waals surface area contributed by atoms with Crippen LogP contribution in [0.15, 0.2) is 53.9 Å². The first kappa shape index (κ1) is 25.0. The van der Waals surface area contributed by atoms with E-state index in [0.717, 1.165) is 12.0 Å². The van der Waals surface area contributed by atoms with Gasteiger partial charge in [0.1, 0.15) is 16.4 Å². The van der Waals surface area contributed by atoms with Gasteiger partial charge < -0.3 is 19.5 Å². The van der Waals surface area contributed by atoms with Crippen molar-refractivity contribution in [2.45, 2.75) is 20.3 Å². The maximum absolute atomic E-state index is 13.3. The van der Waals surface area contributed by atoms with Gasteiger partial charge in [-0.05, 0) is 54.8 Å². The second kappa shape index (κ2) is 12.0. The summed E-state index contributed by atoms with van der Waals surface area (Å²) >= 11 is 1.20. The first-order valence-corrected chi connectivity index (χ1v) is 11.7. The predicted octanol–water partition coefficient (Wildman–Crippen LogP) is 6.18. The number of hydrogen-bond donors (Lipinski definition) is 1. The van der Waals surface area contributed by atoms with Gasteiger partial charge in [-0.3, -0.25) is 4.79 Å². The average Bonchev–Trinajstić information content (AvgIpc) is 3.25. The lowest BCUT2D eigenvalue weighted by Gasteiger charge is -2.10. The van der Waals surface area contributed by atoms with E-state index in [1.54, 1.807) is 49.8 Å².